The Bertz CT molecular complexity index is 1020. The standard InChI is InChI=1S/C22H27F3N4O2S/c1-3-28(4-2)12-13-29-18-11-7-8-15(18)20(27-21(29)31)32-14-19(30)26-17-10-6-5-9-16(17)22(23,24)25/h5-6,9-10H,3-4,7-8,11-14H2,1-2H3,(H,26,30). The van der Waals surface area contributed by atoms with Crippen molar-refractivity contribution in [2.75, 3.05) is 30.7 Å². The molecule has 1 aliphatic rings. The second kappa shape index (κ2) is 10.5. The molecular formula is C22H27F3N4O2S. The van der Waals surface area contributed by atoms with Crippen molar-refractivity contribution >= 4 is 23.4 Å². The quantitative estimate of drug-likeness (QED) is 0.448. The van der Waals surface area contributed by atoms with E-state index in [2.05, 4.69) is 29.0 Å². The molecule has 32 heavy (non-hydrogen) atoms. The first-order valence-corrected chi connectivity index (χ1v) is 11.7. The van der Waals surface area contributed by atoms with Gasteiger partial charge >= 0.3 is 11.9 Å². The number of carbonyl (C=O) groups excluding carboxylic acids is 1. The summed E-state index contributed by atoms with van der Waals surface area (Å²) in [6.45, 7) is 7.28. The van der Waals surface area contributed by atoms with Crippen LogP contribution in [0.25, 0.3) is 0 Å². The van der Waals surface area contributed by atoms with Crippen molar-refractivity contribution in [3.05, 3.63) is 51.6 Å². The van der Waals surface area contributed by atoms with E-state index in [-0.39, 0.29) is 17.1 Å². The number of carbonyl (C=O) groups is 1. The zero-order valence-corrected chi connectivity index (χ0v) is 19.0. The van der Waals surface area contributed by atoms with E-state index in [1.54, 1.807) is 4.57 Å². The summed E-state index contributed by atoms with van der Waals surface area (Å²) >= 11 is 1.09. The molecule has 1 N–H and O–H groups in total. The van der Waals surface area contributed by atoms with Crippen LogP contribution in [0.15, 0.2) is 34.1 Å². The van der Waals surface area contributed by atoms with E-state index in [1.165, 1.54) is 18.2 Å². The number of likely N-dealkylation sites (N-methyl/N-ethyl adjacent to an activating group) is 1. The van der Waals surface area contributed by atoms with Crippen LogP contribution in [0.1, 0.15) is 37.1 Å². The average Bonchev–Trinajstić information content (AvgIpc) is 3.24. The third-order valence-electron chi connectivity index (χ3n) is 5.58. The first-order chi connectivity index (χ1) is 15.2. The number of rotatable bonds is 9. The first-order valence-electron chi connectivity index (χ1n) is 10.7. The van der Waals surface area contributed by atoms with E-state index >= 15 is 0 Å². The Morgan fingerprint density at radius 1 is 1.22 bits per heavy atom. The van der Waals surface area contributed by atoms with Gasteiger partial charge in [-0.05, 0) is 44.5 Å². The lowest BCUT2D eigenvalue weighted by atomic mass is 10.1. The summed E-state index contributed by atoms with van der Waals surface area (Å²) in [5.41, 5.74) is 0.409. The number of para-hydroxylation sites is 1. The predicted octanol–water partition coefficient (Wildman–Crippen LogP) is 3.82. The third kappa shape index (κ3) is 5.72. The van der Waals surface area contributed by atoms with Gasteiger partial charge < -0.3 is 10.2 Å². The number of hydrogen-bond acceptors (Lipinski definition) is 5. The summed E-state index contributed by atoms with van der Waals surface area (Å²) in [5, 5.41) is 2.83. The molecule has 0 atom stereocenters. The fourth-order valence-electron chi connectivity index (χ4n) is 3.88. The smallest absolute Gasteiger partial charge is 0.325 e. The molecule has 0 unspecified atom stereocenters. The van der Waals surface area contributed by atoms with Gasteiger partial charge in [-0.25, -0.2) is 4.79 Å². The maximum absolute atomic E-state index is 13.1. The minimum atomic E-state index is -4.56. The van der Waals surface area contributed by atoms with Gasteiger partial charge in [0, 0.05) is 24.3 Å². The molecule has 1 aromatic heterocycles. The number of halogens is 3. The van der Waals surface area contributed by atoms with E-state index in [0.29, 0.717) is 11.6 Å². The van der Waals surface area contributed by atoms with Gasteiger partial charge in [0.2, 0.25) is 5.91 Å². The van der Waals surface area contributed by atoms with Crippen molar-refractivity contribution in [3.63, 3.8) is 0 Å². The summed E-state index contributed by atoms with van der Waals surface area (Å²) in [4.78, 5) is 31.5. The molecule has 0 saturated carbocycles. The summed E-state index contributed by atoms with van der Waals surface area (Å²) in [6.07, 6.45) is -2.10. The number of nitrogens with one attached hydrogen (secondary N) is 1. The Balaban J connectivity index is 1.71. The molecule has 0 fully saturated rings. The highest BCUT2D eigenvalue weighted by molar-refractivity contribution is 8.00. The summed E-state index contributed by atoms with van der Waals surface area (Å²) in [5.74, 6) is -0.708. The van der Waals surface area contributed by atoms with E-state index in [0.717, 1.165) is 68.0 Å². The largest absolute Gasteiger partial charge is 0.418 e. The van der Waals surface area contributed by atoms with E-state index < -0.39 is 17.6 Å². The Kier molecular flexibility index (Phi) is 8.00. The molecule has 1 aliphatic carbocycles. The highest BCUT2D eigenvalue weighted by Crippen LogP contribution is 2.35. The van der Waals surface area contributed by atoms with Crippen LogP contribution in [-0.4, -0.2) is 45.7 Å². The zero-order valence-electron chi connectivity index (χ0n) is 18.2. The lowest BCUT2D eigenvalue weighted by molar-refractivity contribution is -0.137. The number of thioether (sulfide) groups is 1. The van der Waals surface area contributed by atoms with Crippen molar-refractivity contribution in [2.24, 2.45) is 0 Å². The Hall–Kier alpha value is -2.33. The molecule has 0 bridgehead atoms. The van der Waals surface area contributed by atoms with Crippen molar-refractivity contribution in [1.29, 1.82) is 0 Å². The van der Waals surface area contributed by atoms with Crippen LogP contribution < -0.4 is 11.0 Å². The van der Waals surface area contributed by atoms with Gasteiger partial charge in [-0.1, -0.05) is 37.7 Å². The topological polar surface area (TPSA) is 67.2 Å². The van der Waals surface area contributed by atoms with E-state index in [1.807, 2.05) is 0 Å². The number of benzene rings is 1. The monoisotopic (exact) mass is 468 g/mol. The molecule has 0 saturated heterocycles. The second-order valence-electron chi connectivity index (χ2n) is 7.54. The van der Waals surface area contributed by atoms with Gasteiger partial charge in [-0.15, -0.1) is 0 Å². The number of fused-ring (bicyclic) bond motifs is 1. The number of nitrogens with zero attached hydrogens (tertiary/aromatic N) is 3. The van der Waals surface area contributed by atoms with Crippen LogP contribution >= 0.6 is 11.8 Å². The molecular weight excluding hydrogens is 441 g/mol. The van der Waals surface area contributed by atoms with Crippen LogP contribution in [0.2, 0.25) is 0 Å². The number of alkyl halides is 3. The SMILES string of the molecule is CCN(CC)CCn1c2c(c(SCC(=O)Nc3ccccc3C(F)(F)F)nc1=O)CCC2. The Morgan fingerprint density at radius 3 is 2.62 bits per heavy atom. The van der Waals surface area contributed by atoms with Gasteiger partial charge in [0.15, 0.2) is 0 Å². The Morgan fingerprint density at radius 2 is 1.94 bits per heavy atom. The van der Waals surface area contributed by atoms with Gasteiger partial charge in [-0.2, -0.15) is 18.2 Å². The summed E-state index contributed by atoms with van der Waals surface area (Å²) < 4.78 is 41.1. The van der Waals surface area contributed by atoms with Gasteiger partial charge in [0.1, 0.15) is 5.03 Å². The maximum atomic E-state index is 13.1. The number of amides is 1. The van der Waals surface area contributed by atoms with E-state index in [4.69, 9.17) is 0 Å². The number of anilines is 1. The molecule has 3 rings (SSSR count). The molecule has 0 aliphatic heterocycles. The molecule has 1 amide bonds. The van der Waals surface area contributed by atoms with E-state index in [9.17, 15) is 22.8 Å². The fourth-order valence-corrected chi connectivity index (χ4v) is 4.75. The normalized spacial score (nSPS) is 13.4. The van der Waals surface area contributed by atoms with Crippen LogP contribution in [-0.2, 0) is 30.4 Å². The van der Waals surface area contributed by atoms with Gasteiger partial charge in [0.05, 0.1) is 17.0 Å². The summed E-state index contributed by atoms with van der Waals surface area (Å²) in [7, 11) is 0. The van der Waals surface area contributed by atoms with Crippen molar-refractivity contribution in [3.8, 4) is 0 Å². The van der Waals surface area contributed by atoms with Crippen LogP contribution in [0.4, 0.5) is 18.9 Å². The minimum Gasteiger partial charge on any atom is -0.325 e. The molecule has 0 radical (unpaired) electrons. The fraction of sp³-hybridized carbons (Fsp3) is 0.500. The van der Waals surface area contributed by atoms with Crippen LogP contribution in [0.5, 0.6) is 0 Å². The average molecular weight is 469 g/mol. The van der Waals surface area contributed by atoms with Crippen LogP contribution in [0, 0.1) is 0 Å². The first kappa shape index (κ1) is 24.3. The van der Waals surface area contributed by atoms with Crippen molar-refractivity contribution < 1.29 is 18.0 Å². The molecule has 10 heteroatoms. The lowest BCUT2D eigenvalue weighted by Gasteiger charge is -2.20. The molecule has 174 valence electrons. The lowest BCUT2D eigenvalue weighted by Crippen LogP contribution is -2.34. The number of hydrogen-bond donors (Lipinski definition) is 1. The van der Waals surface area contributed by atoms with Crippen molar-refractivity contribution in [1.82, 2.24) is 14.5 Å². The summed E-state index contributed by atoms with van der Waals surface area (Å²) in [6, 6.07) is 4.85. The van der Waals surface area contributed by atoms with Gasteiger partial charge in [0.25, 0.3) is 0 Å². The molecule has 1 heterocycles. The molecule has 0 spiro atoms. The number of aromatic nitrogens is 2. The molecule has 1 aromatic carbocycles. The van der Waals surface area contributed by atoms with Crippen LogP contribution in [0.3, 0.4) is 0 Å². The maximum Gasteiger partial charge on any atom is 0.418 e. The predicted molar refractivity (Wildman–Crippen MR) is 119 cm³/mol. The molecule has 2 aromatic rings. The second-order valence-corrected chi connectivity index (χ2v) is 8.50. The zero-order chi connectivity index (χ0) is 23.3. The third-order valence-corrected chi connectivity index (χ3v) is 6.60. The highest BCUT2D eigenvalue weighted by Gasteiger charge is 2.33. The highest BCUT2D eigenvalue weighted by atomic mass is 32.2. The molecule has 6 nitrogen and oxygen atoms in total. The Labute approximate surface area is 189 Å². The van der Waals surface area contributed by atoms with Gasteiger partial charge in [-0.3, -0.25) is 9.36 Å². The minimum absolute atomic E-state index is 0.130. The van der Waals surface area contributed by atoms with Crippen molar-refractivity contribution in [2.45, 2.75) is 50.9 Å².